The van der Waals surface area contributed by atoms with Gasteiger partial charge in [-0.3, -0.25) is 0 Å². The topological polar surface area (TPSA) is 68.0 Å². The van der Waals surface area contributed by atoms with Crippen LogP contribution in [-0.2, 0) is 0 Å². The highest BCUT2D eigenvalue weighted by molar-refractivity contribution is 5.94. The Bertz CT molecular complexity index is 1900. The lowest BCUT2D eigenvalue weighted by molar-refractivity contribution is 0.0697. The van der Waals surface area contributed by atoms with Gasteiger partial charge in [0.25, 0.3) is 0 Å². The van der Waals surface area contributed by atoms with E-state index in [0.29, 0.717) is 6.04 Å². The molecule has 5 nitrogen and oxygen atoms in total. The van der Waals surface area contributed by atoms with Crippen molar-refractivity contribution in [2.75, 3.05) is 0 Å². The van der Waals surface area contributed by atoms with Gasteiger partial charge in [-0.2, -0.15) is 0 Å². The monoisotopic (exact) mass is 511 g/mol. The molecule has 1 aliphatic rings. The predicted molar refractivity (Wildman–Crippen MR) is 157 cm³/mol. The van der Waals surface area contributed by atoms with Crippen molar-refractivity contribution >= 4 is 38.7 Å². The number of carboxylic acids is 1. The average molecular weight is 512 g/mol. The summed E-state index contributed by atoms with van der Waals surface area (Å²) in [6.07, 6.45) is 5.90. The molecule has 0 spiro atoms. The first-order valence-electron chi connectivity index (χ1n) is 13.7. The van der Waals surface area contributed by atoms with Crippen LogP contribution in [0.15, 0.2) is 84.9 Å². The summed E-state index contributed by atoms with van der Waals surface area (Å²) in [4.78, 5) is 21.6. The van der Waals surface area contributed by atoms with Crippen molar-refractivity contribution in [1.82, 2.24) is 14.5 Å². The van der Waals surface area contributed by atoms with E-state index in [9.17, 15) is 9.90 Å². The molecule has 39 heavy (non-hydrogen) atoms. The molecule has 1 aliphatic carbocycles. The molecule has 0 atom stereocenters. The molecule has 1 fully saturated rings. The molecule has 5 heteroatoms. The fourth-order valence-electron chi connectivity index (χ4n) is 6.09. The lowest BCUT2D eigenvalue weighted by Gasteiger charge is -2.25. The predicted octanol–water partition coefficient (Wildman–Crippen LogP) is 8.58. The van der Waals surface area contributed by atoms with Gasteiger partial charge in [-0.25, -0.2) is 14.8 Å². The lowest BCUT2D eigenvalue weighted by Crippen LogP contribution is -2.14. The highest BCUT2D eigenvalue weighted by Gasteiger charge is 2.23. The summed E-state index contributed by atoms with van der Waals surface area (Å²) in [5, 5.41) is 13.0. The maximum absolute atomic E-state index is 11.6. The summed E-state index contributed by atoms with van der Waals surface area (Å²) in [6, 6.07) is 29.3. The molecule has 0 unspecified atom stereocenters. The molecule has 0 aliphatic heterocycles. The summed E-state index contributed by atoms with van der Waals surface area (Å²) in [5.74, 6) is -0.0324. The normalized spacial score (nSPS) is 14.4. The number of nitrogens with zero attached hydrogens (tertiary/aromatic N) is 3. The molecule has 0 saturated heterocycles. The van der Waals surface area contributed by atoms with Gasteiger partial charge in [0.1, 0.15) is 5.82 Å². The lowest BCUT2D eigenvalue weighted by atomic mass is 9.94. The van der Waals surface area contributed by atoms with Crippen molar-refractivity contribution in [3.8, 4) is 22.6 Å². The minimum Gasteiger partial charge on any atom is -0.478 e. The van der Waals surface area contributed by atoms with Crippen molar-refractivity contribution in [3.63, 3.8) is 0 Å². The Labute approximate surface area is 226 Å². The number of aromatic nitrogens is 3. The smallest absolute Gasteiger partial charge is 0.335 e. The van der Waals surface area contributed by atoms with Crippen molar-refractivity contribution < 1.29 is 9.90 Å². The van der Waals surface area contributed by atoms with E-state index in [0.717, 1.165) is 57.4 Å². The Morgan fingerprint density at radius 1 is 0.744 bits per heavy atom. The van der Waals surface area contributed by atoms with Gasteiger partial charge in [-0.1, -0.05) is 61.2 Å². The van der Waals surface area contributed by atoms with E-state index in [1.807, 2.05) is 6.07 Å². The first kappa shape index (κ1) is 23.6. The number of carbonyl (C=O) groups is 1. The van der Waals surface area contributed by atoms with Crippen LogP contribution in [0.1, 0.15) is 54.1 Å². The maximum atomic E-state index is 11.6. The quantitative estimate of drug-likeness (QED) is 0.257. The van der Waals surface area contributed by atoms with Crippen LogP contribution in [0.5, 0.6) is 0 Å². The number of fused-ring (bicyclic) bond motifs is 3. The third kappa shape index (κ3) is 4.24. The Kier molecular flexibility index (Phi) is 5.66. The summed E-state index contributed by atoms with van der Waals surface area (Å²) in [7, 11) is 0. The second kappa shape index (κ2) is 9.35. The Balaban J connectivity index is 1.31. The number of rotatable bonds is 4. The molecular weight excluding hydrogens is 482 g/mol. The third-order valence-electron chi connectivity index (χ3n) is 8.12. The van der Waals surface area contributed by atoms with Crippen molar-refractivity contribution in [2.24, 2.45) is 0 Å². The van der Waals surface area contributed by atoms with E-state index >= 15 is 0 Å². The molecule has 1 saturated carbocycles. The number of benzene rings is 4. The van der Waals surface area contributed by atoms with Gasteiger partial charge >= 0.3 is 5.97 Å². The molecule has 7 rings (SSSR count). The van der Waals surface area contributed by atoms with Gasteiger partial charge in [0, 0.05) is 22.6 Å². The van der Waals surface area contributed by atoms with E-state index < -0.39 is 5.97 Å². The third-order valence-corrected chi connectivity index (χ3v) is 8.12. The van der Waals surface area contributed by atoms with Gasteiger partial charge in [0.05, 0.1) is 27.8 Å². The molecular formula is C34H29N3O2. The zero-order chi connectivity index (χ0) is 26.5. The largest absolute Gasteiger partial charge is 0.478 e. The van der Waals surface area contributed by atoms with Crippen LogP contribution >= 0.6 is 0 Å². The van der Waals surface area contributed by atoms with Gasteiger partial charge in [-0.15, -0.1) is 0 Å². The summed E-state index contributed by atoms with van der Waals surface area (Å²) >= 11 is 0. The number of aromatic carboxylic acids is 1. The molecule has 1 N–H and O–H groups in total. The summed E-state index contributed by atoms with van der Waals surface area (Å²) in [6.45, 7) is 2.12. The molecule has 0 bridgehead atoms. The minimum atomic E-state index is -0.931. The number of hydrogen-bond acceptors (Lipinski definition) is 3. The van der Waals surface area contributed by atoms with E-state index in [4.69, 9.17) is 9.97 Å². The fourth-order valence-corrected chi connectivity index (χ4v) is 6.09. The van der Waals surface area contributed by atoms with E-state index in [1.54, 1.807) is 12.1 Å². The SMILES string of the molecule is Cc1ccc2cc(-c3ccc4cc(-c5nc6cc(C(=O)O)ccc6n5C5CCCCC5)ccc4n3)ccc2c1. The standard InChI is InChI=1S/C34H29N3O2/c1-21-7-8-23-18-24(10-9-22(23)17-21)29-14-11-25-19-26(12-15-30(25)35-29)33-36-31-20-27(34(38)39)13-16-32(31)37(33)28-5-3-2-4-6-28/h7-20,28H,2-6H2,1H3,(H,38,39). The van der Waals surface area contributed by atoms with Crippen LogP contribution in [0.2, 0.25) is 0 Å². The number of pyridine rings is 1. The Morgan fingerprint density at radius 3 is 2.33 bits per heavy atom. The average Bonchev–Trinajstić information content (AvgIpc) is 3.35. The molecule has 6 aromatic rings. The van der Waals surface area contributed by atoms with E-state index in [1.165, 1.54) is 35.6 Å². The van der Waals surface area contributed by atoms with Crippen molar-refractivity contribution in [2.45, 2.75) is 45.1 Å². The fraction of sp³-hybridized carbons (Fsp3) is 0.206. The van der Waals surface area contributed by atoms with Crippen LogP contribution in [0.25, 0.3) is 55.4 Å². The van der Waals surface area contributed by atoms with Gasteiger partial charge in [0.2, 0.25) is 0 Å². The van der Waals surface area contributed by atoms with Gasteiger partial charge in [-0.05, 0) is 79.1 Å². The van der Waals surface area contributed by atoms with Gasteiger partial charge in [0.15, 0.2) is 0 Å². The zero-order valence-corrected chi connectivity index (χ0v) is 21.9. The Hall–Kier alpha value is -4.51. The van der Waals surface area contributed by atoms with Crippen molar-refractivity contribution in [3.05, 3.63) is 96.1 Å². The number of aryl methyl sites for hydroxylation is 1. The first-order valence-corrected chi connectivity index (χ1v) is 13.7. The van der Waals surface area contributed by atoms with E-state index in [2.05, 4.69) is 78.2 Å². The molecule has 0 amide bonds. The molecule has 2 aromatic heterocycles. The maximum Gasteiger partial charge on any atom is 0.335 e. The molecule has 0 radical (unpaired) electrons. The van der Waals surface area contributed by atoms with Crippen LogP contribution in [0, 0.1) is 6.92 Å². The number of imidazole rings is 1. The van der Waals surface area contributed by atoms with Crippen LogP contribution in [0.3, 0.4) is 0 Å². The van der Waals surface area contributed by atoms with Crippen LogP contribution in [0.4, 0.5) is 0 Å². The summed E-state index contributed by atoms with van der Waals surface area (Å²) < 4.78 is 2.35. The Morgan fingerprint density at radius 2 is 1.49 bits per heavy atom. The van der Waals surface area contributed by atoms with E-state index in [-0.39, 0.29) is 5.56 Å². The summed E-state index contributed by atoms with van der Waals surface area (Å²) in [5.41, 5.74) is 7.28. The minimum absolute atomic E-state index is 0.265. The number of hydrogen-bond donors (Lipinski definition) is 1. The highest BCUT2D eigenvalue weighted by Crippen LogP contribution is 2.37. The first-order chi connectivity index (χ1) is 19.0. The number of carboxylic acid groups (broad SMARTS) is 1. The molecule has 2 heterocycles. The zero-order valence-electron chi connectivity index (χ0n) is 21.9. The highest BCUT2D eigenvalue weighted by atomic mass is 16.4. The molecule has 192 valence electrons. The second-order valence-electron chi connectivity index (χ2n) is 10.8. The molecule has 4 aromatic carbocycles. The van der Waals surface area contributed by atoms with Crippen molar-refractivity contribution in [1.29, 1.82) is 0 Å². The van der Waals surface area contributed by atoms with Crippen LogP contribution < -0.4 is 0 Å². The van der Waals surface area contributed by atoms with Crippen LogP contribution in [-0.4, -0.2) is 25.6 Å². The van der Waals surface area contributed by atoms with Gasteiger partial charge < -0.3 is 9.67 Å². The second-order valence-corrected chi connectivity index (χ2v) is 10.8.